The highest BCUT2D eigenvalue weighted by Crippen LogP contribution is 2.02. The smallest absolute Gasteiger partial charge is 0.133 e. The summed E-state index contributed by atoms with van der Waals surface area (Å²) in [5.74, 6) is 1.82. The average molecular weight is 210 g/mol. The van der Waals surface area contributed by atoms with Crippen LogP contribution in [0.25, 0.3) is 0 Å². The van der Waals surface area contributed by atoms with Crippen molar-refractivity contribution < 1.29 is 0 Å². The van der Waals surface area contributed by atoms with Gasteiger partial charge in [0.2, 0.25) is 0 Å². The molecule has 0 aliphatic heterocycles. The van der Waals surface area contributed by atoms with Crippen LogP contribution in [0.1, 0.15) is 32.5 Å². The molecule has 0 amide bonds. The van der Waals surface area contributed by atoms with Gasteiger partial charge in [-0.25, -0.2) is 0 Å². The van der Waals surface area contributed by atoms with Crippen LogP contribution in [0, 0.1) is 5.92 Å². The summed E-state index contributed by atoms with van der Waals surface area (Å²) in [6.07, 6.45) is 5.27. The number of aryl methyl sites for hydroxylation is 1. The summed E-state index contributed by atoms with van der Waals surface area (Å²) in [4.78, 5) is 0. The second-order valence-electron chi connectivity index (χ2n) is 4.21. The number of nitrogens with zero attached hydrogens (tertiary/aromatic N) is 3. The molecule has 1 N–H and O–H groups in total. The van der Waals surface area contributed by atoms with Gasteiger partial charge < -0.3 is 9.88 Å². The Balaban J connectivity index is 2.09. The van der Waals surface area contributed by atoms with E-state index in [1.54, 1.807) is 6.33 Å². The summed E-state index contributed by atoms with van der Waals surface area (Å²) in [6.45, 7) is 6.61. The van der Waals surface area contributed by atoms with E-state index in [-0.39, 0.29) is 0 Å². The number of aromatic nitrogens is 3. The Morgan fingerprint density at radius 1 is 1.53 bits per heavy atom. The topological polar surface area (TPSA) is 42.7 Å². The zero-order valence-electron chi connectivity index (χ0n) is 10.0. The van der Waals surface area contributed by atoms with Gasteiger partial charge in [-0.1, -0.05) is 20.3 Å². The first-order valence-corrected chi connectivity index (χ1v) is 5.77. The van der Waals surface area contributed by atoms with E-state index in [2.05, 4.69) is 29.4 Å². The van der Waals surface area contributed by atoms with Crippen molar-refractivity contribution in [3.05, 3.63) is 12.2 Å². The average Bonchev–Trinajstić information content (AvgIpc) is 2.60. The third-order valence-corrected chi connectivity index (χ3v) is 2.60. The predicted octanol–water partition coefficient (Wildman–Crippen LogP) is 1.38. The molecular weight excluding hydrogens is 188 g/mol. The molecule has 0 aliphatic rings. The Kier molecular flexibility index (Phi) is 5.32. The molecule has 1 rings (SSSR count). The molecule has 1 heterocycles. The molecular formula is C11H22N4. The van der Waals surface area contributed by atoms with Crippen molar-refractivity contribution in [3.63, 3.8) is 0 Å². The van der Waals surface area contributed by atoms with Gasteiger partial charge in [-0.3, -0.25) is 0 Å². The lowest BCUT2D eigenvalue weighted by molar-refractivity contribution is 0.475. The van der Waals surface area contributed by atoms with Crippen LogP contribution >= 0.6 is 0 Å². The summed E-state index contributed by atoms with van der Waals surface area (Å²) in [7, 11) is 1.98. The summed E-state index contributed by atoms with van der Waals surface area (Å²) in [6, 6.07) is 0. The summed E-state index contributed by atoms with van der Waals surface area (Å²) in [5.41, 5.74) is 0. The van der Waals surface area contributed by atoms with Crippen molar-refractivity contribution in [2.75, 3.05) is 13.1 Å². The van der Waals surface area contributed by atoms with Gasteiger partial charge in [0.05, 0.1) is 0 Å². The van der Waals surface area contributed by atoms with Crippen molar-refractivity contribution in [2.45, 2.75) is 33.1 Å². The van der Waals surface area contributed by atoms with Gasteiger partial charge in [-0.05, 0) is 18.9 Å². The first kappa shape index (κ1) is 12.2. The van der Waals surface area contributed by atoms with Gasteiger partial charge in [-0.2, -0.15) is 0 Å². The molecule has 4 nitrogen and oxygen atoms in total. The number of hydrogen-bond donors (Lipinski definition) is 1. The molecule has 0 spiro atoms. The predicted molar refractivity (Wildman–Crippen MR) is 61.6 cm³/mol. The molecule has 1 atom stereocenters. The lowest BCUT2D eigenvalue weighted by Gasteiger charge is -2.10. The largest absolute Gasteiger partial charge is 0.321 e. The van der Waals surface area contributed by atoms with E-state index in [9.17, 15) is 0 Å². The van der Waals surface area contributed by atoms with Gasteiger partial charge in [0.1, 0.15) is 12.2 Å². The molecule has 0 aromatic carbocycles. The lowest BCUT2D eigenvalue weighted by Crippen LogP contribution is -2.24. The van der Waals surface area contributed by atoms with Crippen LogP contribution in [-0.4, -0.2) is 27.9 Å². The van der Waals surface area contributed by atoms with E-state index >= 15 is 0 Å². The van der Waals surface area contributed by atoms with Crippen molar-refractivity contribution in [1.29, 1.82) is 0 Å². The van der Waals surface area contributed by atoms with Crippen molar-refractivity contribution >= 4 is 0 Å². The lowest BCUT2D eigenvalue weighted by atomic mass is 10.1. The summed E-state index contributed by atoms with van der Waals surface area (Å²) in [5, 5.41) is 11.3. The van der Waals surface area contributed by atoms with Crippen LogP contribution in [0.3, 0.4) is 0 Å². The molecule has 4 heteroatoms. The van der Waals surface area contributed by atoms with E-state index in [1.807, 2.05) is 11.6 Å². The standard InChI is InChI=1S/C11H22N4/c1-4-5-10(2)8-12-7-6-11-14-13-9-15(11)3/h9-10,12H,4-8H2,1-3H3. The minimum atomic E-state index is 0.773. The van der Waals surface area contributed by atoms with Gasteiger partial charge >= 0.3 is 0 Å². The molecule has 0 radical (unpaired) electrons. The Hall–Kier alpha value is -0.900. The highest BCUT2D eigenvalue weighted by molar-refractivity contribution is 4.84. The Labute approximate surface area is 92.1 Å². The molecule has 0 saturated heterocycles. The fourth-order valence-corrected chi connectivity index (χ4v) is 1.68. The molecule has 0 saturated carbocycles. The Morgan fingerprint density at radius 2 is 2.33 bits per heavy atom. The van der Waals surface area contributed by atoms with Crippen molar-refractivity contribution in [3.8, 4) is 0 Å². The van der Waals surface area contributed by atoms with Gasteiger partial charge in [0, 0.05) is 20.0 Å². The monoisotopic (exact) mass is 210 g/mol. The van der Waals surface area contributed by atoms with Crippen LogP contribution in [0.15, 0.2) is 6.33 Å². The van der Waals surface area contributed by atoms with E-state index in [1.165, 1.54) is 12.8 Å². The maximum atomic E-state index is 4.04. The number of nitrogens with one attached hydrogen (secondary N) is 1. The Bertz CT molecular complexity index is 269. The SMILES string of the molecule is CCCC(C)CNCCc1nncn1C. The third kappa shape index (κ3) is 4.42. The zero-order chi connectivity index (χ0) is 11.1. The van der Waals surface area contributed by atoms with Crippen LogP contribution in [-0.2, 0) is 13.5 Å². The maximum Gasteiger partial charge on any atom is 0.133 e. The fourth-order valence-electron chi connectivity index (χ4n) is 1.68. The van der Waals surface area contributed by atoms with Crippen LogP contribution in [0.2, 0.25) is 0 Å². The van der Waals surface area contributed by atoms with Crippen molar-refractivity contribution in [2.24, 2.45) is 13.0 Å². The molecule has 1 aromatic heterocycles. The first-order valence-electron chi connectivity index (χ1n) is 5.77. The minimum absolute atomic E-state index is 0.773. The summed E-state index contributed by atoms with van der Waals surface area (Å²) < 4.78 is 1.97. The second kappa shape index (κ2) is 6.56. The highest BCUT2D eigenvalue weighted by Gasteiger charge is 2.02. The maximum absolute atomic E-state index is 4.04. The number of rotatable bonds is 7. The van der Waals surface area contributed by atoms with Gasteiger partial charge in [-0.15, -0.1) is 10.2 Å². The molecule has 15 heavy (non-hydrogen) atoms. The van der Waals surface area contributed by atoms with Crippen LogP contribution in [0.5, 0.6) is 0 Å². The normalized spacial score (nSPS) is 13.0. The second-order valence-corrected chi connectivity index (χ2v) is 4.21. The fraction of sp³-hybridized carbons (Fsp3) is 0.818. The van der Waals surface area contributed by atoms with Crippen molar-refractivity contribution in [1.82, 2.24) is 20.1 Å². The molecule has 0 fully saturated rings. The van der Waals surface area contributed by atoms with Crippen LogP contribution < -0.4 is 5.32 Å². The van der Waals surface area contributed by atoms with E-state index < -0.39 is 0 Å². The molecule has 0 aliphatic carbocycles. The minimum Gasteiger partial charge on any atom is -0.321 e. The van der Waals surface area contributed by atoms with E-state index in [0.29, 0.717) is 0 Å². The van der Waals surface area contributed by atoms with Gasteiger partial charge in [0.15, 0.2) is 0 Å². The zero-order valence-corrected chi connectivity index (χ0v) is 10.0. The number of hydrogen-bond acceptors (Lipinski definition) is 3. The molecule has 1 aromatic rings. The quantitative estimate of drug-likeness (QED) is 0.691. The Morgan fingerprint density at radius 3 is 2.93 bits per heavy atom. The molecule has 1 unspecified atom stereocenters. The first-order chi connectivity index (χ1) is 7.24. The highest BCUT2D eigenvalue weighted by atomic mass is 15.2. The van der Waals surface area contributed by atoms with E-state index in [4.69, 9.17) is 0 Å². The molecule has 0 bridgehead atoms. The summed E-state index contributed by atoms with van der Waals surface area (Å²) >= 11 is 0. The molecule has 86 valence electrons. The third-order valence-electron chi connectivity index (χ3n) is 2.60. The van der Waals surface area contributed by atoms with E-state index in [0.717, 1.165) is 31.3 Å². The van der Waals surface area contributed by atoms with Crippen LogP contribution in [0.4, 0.5) is 0 Å². The van der Waals surface area contributed by atoms with Gasteiger partial charge in [0.25, 0.3) is 0 Å².